The van der Waals surface area contributed by atoms with Crippen LogP contribution in [0.15, 0.2) is 72.8 Å². The third-order valence-electron chi connectivity index (χ3n) is 3.71. The second-order valence-corrected chi connectivity index (χ2v) is 7.62. The summed E-state index contributed by atoms with van der Waals surface area (Å²) in [5, 5.41) is 3.77. The normalized spacial score (nSPS) is 10.9. The third-order valence-corrected chi connectivity index (χ3v) is 6.11. The molecular weight excluding hydrogens is 290 g/mol. The molecule has 0 nitrogen and oxygen atoms in total. The van der Waals surface area contributed by atoms with E-state index in [1.165, 1.54) is 15.9 Å². The van der Waals surface area contributed by atoms with Gasteiger partial charge in [0.1, 0.15) is 5.82 Å². The molecule has 0 amide bonds. The molecule has 0 bridgehead atoms. The Kier molecular flexibility index (Phi) is 4.36. The number of benzene rings is 3. The minimum atomic E-state index is -0.657. The summed E-state index contributed by atoms with van der Waals surface area (Å²) in [6.07, 6.45) is 0. The largest absolute Gasteiger partial charge is 0.206 e. The van der Waals surface area contributed by atoms with Gasteiger partial charge in [-0.15, -0.1) is 0 Å². The van der Waals surface area contributed by atoms with Gasteiger partial charge in [0.15, 0.2) is 0 Å². The molecule has 0 saturated carbocycles. The van der Waals surface area contributed by atoms with Crippen LogP contribution in [0.5, 0.6) is 0 Å². The molecule has 0 aromatic heterocycles. The van der Waals surface area contributed by atoms with Crippen LogP contribution in [0.1, 0.15) is 11.1 Å². The average Bonchev–Trinajstić information content (AvgIpc) is 2.55. The first-order valence-corrected chi connectivity index (χ1v) is 8.68. The van der Waals surface area contributed by atoms with Crippen molar-refractivity contribution < 1.29 is 4.39 Å². The maximum atomic E-state index is 14.0. The molecule has 3 aromatic rings. The van der Waals surface area contributed by atoms with E-state index < -0.39 is 7.92 Å². The summed E-state index contributed by atoms with van der Waals surface area (Å²) in [6, 6.07) is 25.0. The Bertz CT molecular complexity index is 704. The minimum Gasteiger partial charge on any atom is -0.206 e. The molecule has 2 heteroatoms. The van der Waals surface area contributed by atoms with Crippen LogP contribution in [0.4, 0.5) is 4.39 Å². The van der Waals surface area contributed by atoms with Crippen molar-refractivity contribution in [3.63, 3.8) is 0 Å². The lowest BCUT2D eigenvalue weighted by atomic mass is 10.1. The molecule has 0 spiro atoms. The lowest BCUT2D eigenvalue weighted by Crippen LogP contribution is -2.21. The maximum Gasteiger partial charge on any atom is 0.129 e. The fourth-order valence-electron chi connectivity index (χ4n) is 2.65. The molecule has 0 aliphatic rings. The monoisotopic (exact) mass is 308 g/mol. The smallest absolute Gasteiger partial charge is 0.129 e. The van der Waals surface area contributed by atoms with Gasteiger partial charge in [-0.05, 0) is 60.9 Å². The van der Waals surface area contributed by atoms with Gasteiger partial charge in [-0.1, -0.05) is 60.7 Å². The van der Waals surface area contributed by atoms with Crippen LogP contribution in [0.3, 0.4) is 0 Å². The van der Waals surface area contributed by atoms with E-state index in [9.17, 15) is 4.39 Å². The third kappa shape index (κ3) is 2.96. The summed E-state index contributed by atoms with van der Waals surface area (Å²) in [5.41, 5.74) is 1.43. The number of hydrogen-bond donors (Lipinski definition) is 0. The highest BCUT2D eigenvalue weighted by atomic mass is 31.1. The molecule has 3 aromatic carbocycles. The van der Waals surface area contributed by atoms with Crippen molar-refractivity contribution in [1.29, 1.82) is 0 Å². The molecule has 0 atom stereocenters. The molecule has 0 aliphatic carbocycles. The Balaban J connectivity index is 2.19. The van der Waals surface area contributed by atoms with Gasteiger partial charge in [-0.3, -0.25) is 0 Å². The van der Waals surface area contributed by atoms with Crippen molar-refractivity contribution in [1.82, 2.24) is 0 Å². The van der Waals surface area contributed by atoms with Gasteiger partial charge >= 0.3 is 0 Å². The molecular formula is C20H18FP. The number of rotatable bonds is 3. The molecule has 3 rings (SSSR count). The maximum absolute atomic E-state index is 14.0. The van der Waals surface area contributed by atoms with Gasteiger partial charge in [-0.2, -0.15) is 0 Å². The van der Waals surface area contributed by atoms with E-state index in [1.54, 1.807) is 0 Å². The van der Waals surface area contributed by atoms with Crippen LogP contribution >= 0.6 is 7.92 Å². The van der Waals surface area contributed by atoms with E-state index in [0.29, 0.717) is 0 Å². The van der Waals surface area contributed by atoms with E-state index in [2.05, 4.69) is 48.5 Å². The number of aryl methyl sites for hydroxylation is 2. The highest BCUT2D eigenvalue weighted by Crippen LogP contribution is 2.33. The van der Waals surface area contributed by atoms with Gasteiger partial charge in [0.05, 0.1) is 0 Å². The number of hydrogen-bond acceptors (Lipinski definition) is 0. The summed E-state index contributed by atoms with van der Waals surface area (Å²) in [5.74, 6) is -0.0974. The fraction of sp³-hybridized carbons (Fsp3) is 0.100. The summed E-state index contributed by atoms with van der Waals surface area (Å²) in [7, 11) is -0.657. The van der Waals surface area contributed by atoms with Gasteiger partial charge < -0.3 is 0 Å². The number of halogens is 1. The second kappa shape index (κ2) is 6.42. The van der Waals surface area contributed by atoms with Crippen LogP contribution in [0.25, 0.3) is 0 Å². The standard InChI is InChI=1S/C20H18FP/c1-15-13-19(14-16(2)20(15)21)22(17-9-5-3-6-10-17)18-11-7-4-8-12-18/h3-14H,1-2H3. The van der Waals surface area contributed by atoms with Crippen molar-refractivity contribution >= 4 is 23.8 Å². The first kappa shape index (κ1) is 14.9. The minimum absolute atomic E-state index is 0.0974. The van der Waals surface area contributed by atoms with Crippen molar-refractivity contribution in [2.75, 3.05) is 0 Å². The van der Waals surface area contributed by atoms with E-state index in [4.69, 9.17) is 0 Å². The zero-order valence-electron chi connectivity index (χ0n) is 12.8. The Hall–Kier alpha value is -1.98. The first-order chi connectivity index (χ1) is 10.7. The van der Waals surface area contributed by atoms with Gasteiger partial charge in [0.2, 0.25) is 0 Å². The van der Waals surface area contributed by atoms with Crippen LogP contribution in [0.2, 0.25) is 0 Å². The Morgan fingerprint density at radius 1 is 0.636 bits per heavy atom. The summed E-state index contributed by atoms with van der Waals surface area (Å²) in [6.45, 7) is 3.69. The van der Waals surface area contributed by atoms with Crippen molar-refractivity contribution in [2.24, 2.45) is 0 Å². The highest BCUT2D eigenvalue weighted by Gasteiger charge is 2.18. The van der Waals surface area contributed by atoms with Gasteiger partial charge in [-0.25, -0.2) is 4.39 Å². The van der Waals surface area contributed by atoms with E-state index in [0.717, 1.165) is 11.1 Å². The summed E-state index contributed by atoms with van der Waals surface area (Å²) in [4.78, 5) is 0. The lowest BCUT2D eigenvalue weighted by Gasteiger charge is -2.20. The first-order valence-electron chi connectivity index (χ1n) is 7.34. The lowest BCUT2D eigenvalue weighted by molar-refractivity contribution is 0.610. The molecule has 110 valence electrons. The van der Waals surface area contributed by atoms with Crippen molar-refractivity contribution in [2.45, 2.75) is 13.8 Å². The molecule has 0 heterocycles. The van der Waals surface area contributed by atoms with Crippen LogP contribution in [0, 0.1) is 19.7 Å². The average molecular weight is 308 g/mol. The topological polar surface area (TPSA) is 0 Å². The Morgan fingerprint density at radius 3 is 1.45 bits per heavy atom. The summed E-state index contributed by atoms with van der Waals surface area (Å²) < 4.78 is 14.0. The van der Waals surface area contributed by atoms with Gasteiger partial charge in [0, 0.05) is 0 Å². The highest BCUT2D eigenvalue weighted by molar-refractivity contribution is 7.79. The molecule has 0 radical (unpaired) electrons. The quantitative estimate of drug-likeness (QED) is 0.636. The molecule has 0 N–H and O–H groups in total. The molecule has 0 aliphatic heterocycles. The molecule has 0 fully saturated rings. The van der Waals surface area contributed by atoms with Crippen molar-refractivity contribution in [3.05, 3.63) is 89.7 Å². The van der Waals surface area contributed by atoms with E-state index in [-0.39, 0.29) is 5.82 Å². The van der Waals surface area contributed by atoms with Gasteiger partial charge in [0.25, 0.3) is 0 Å². The molecule has 22 heavy (non-hydrogen) atoms. The zero-order valence-corrected chi connectivity index (χ0v) is 13.6. The second-order valence-electron chi connectivity index (χ2n) is 5.40. The zero-order chi connectivity index (χ0) is 15.5. The molecule has 0 unspecified atom stereocenters. The predicted molar refractivity (Wildman–Crippen MR) is 94.6 cm³/mol. The van der Waals surface area contributed by atoms with E-state index >= 15 is 0 Å². The van der Waals surface area contributed by atoms with Crippen LogP contribution in [-0.2, 0) is 0 Å². The SMILES string of the molecule is Cc1cc(P(c2ccccc2)c2ccccc2)cc(C)c1F. The Morgan fingerprint density at radius 2 is 1.05 bits per heavy atom. The molecule has 0 saturated heterocycles. The van der Waals surface area contributed by atoms with Crippen LogP contribution in [-0.4, -0.2) is 0 Å². The van der Waals surface area contributed by atoms with Crippen LogP contribution < -0.4 is 15.9 Å². The van der Waals surface area contributed by atoms with Crippen molar-refractivity contribution in [3.8, 4) is 0 Å². The van der Waals surface area contributed by atoms with E-state index in [1.807, 2.05) is 38.1 Å². The summed E-state index contributed by atoms with van der Waals surface area (Å²) >= 11 is 0. The Labute approximate surface area is 132 Å². The predicted octanol–water partition coefficient (Wildman–Crippen LogP) is 4.20. The fourth-order valence-corrected chi connectivity index (χ4v) is 5.13.